The third-order valence-corrected chi connectivity index (χ3v) is 30.5. The Labute approximate surface area is 854 Å². The van der Waals surface area contributed by atoms with Gasteiger partial charge < -0.3 is 59.0 Å². The zero-order chi connectivity index (χ0) is 101. The number of hydrogen-bond donors (Lipinski definition) is 2. The number of nitrogens with zero attached hydrogens (tertiary/aromatic N) is 7. The maximum absolute atomic E-state index is 14.1. The van der Waals surface area contributed by atoms with E-state index in [9.17, 15) is 38.4 Å². The summed E-state index contributed by atoms with van der Waals surface area (Å²) in [6, 6.07) is 121. The molecular weight excluding hydrogens is 1810 g/mol. The fraction of sp³-hybridized carbons (Fsp3) is 0.347. The average Bonchev–Trinajstić information content (AvgIpc) is 1.63. The maximum Gasteiger partial charge on any atom is 0.328 e. The molecule has 12 aromatic carbocycles. The topological polar surface area (TPSA) is 241 Å². The molecule has 0 spiro atoms. The van der Waals surface area contributed by atoms with E-state index in [1.807, 2.05) is 255 Å². The molecule has 4 heterocycles. The summed E-state index contributed by atoms with van der Waals surface area (Å²) in [6.45, 7) is 7.17. The van der Waals surface area contributed by atoms with Gasteiger partial charge in [0.2, 0.25) is 23.6 Å². The van der Waals surface area contributed by atoms with Crippen LogP contribution >= 0.6 is 0 Å². The van der Waals surface area contributed by atoms with Crippen LogP contribution in [0.3, 0.4) is 0 Å². The third-order valence-electron chi connectivity index (χ3n) is 30.5. The number of methoxy groups -OCH3 is 4. The summed E-state index contributed by atoms with van der Waals surface area (Å²) >= 11 is 0. The Kier molecular flexibility index (Phi) is 35.9. The molecule has 4 saturated heterocycles. The lowest BCUT2D eigenvalue weighted by Gasteiger charge is -2.29. The van der Waals surface area contributed by atoms with Gasteiger partial charge in [-0.25, -0.2) is 19.2 Å². The molecule has 8 aliphatic rings. The van der Waals surface area contributed by atoms with Crippen molar-refractivity contribution in [2.24, 2.45) is 23.7 Å². The van der Waals surface area contributed by atoms with Gasteiger partial charge in [0.05, 0.1) is 58.2 Å². The van der Waals surface area contributed by atoms with Crippen molar-refractivity contribution < 1.29 is 57.3 Å². The fourth-order valence-electron chi connectivity index (χ4n) is 22.3. The van der Waals surface area contributed by atoms with Crippen molar-refractivity contribution in [2.75, 3.05) is 94.9 Å². The molecule has 0 bridgehead atoms. The van der Waals surface area contributed by atoms with Gasteiger partial charge in [-0.05, 0) is 193 Å². The predicted octanol–water partition coefficient (Wildman–Crippen LogP) is 18.6. The number of rotatable bonds is 32. The Morgan fingerprint density at radius 1 is 0.283 bits per heavy atom. The van der Waals surface area contributed by atoms with Crippen molar-refractivity contribution in [3.05, 3.63) is 431 Å². The highest BCUT2D eigenvalue weighted by Gasteiger charge is 2.52. The summed E-state index contributed by atoms with van der Waals surface area (Å²) in [5.41, 5.74) is 13.0. The Morgan fingerprint density at radius 3 is 0.669 bits per heavy atom. The molecule has 2 N–H and O–H groups in total. The monoisotopic (exact) mass is 1940 g/mol. The summed E-state index contributed by atoms with van der Waals surface area (Å²) < 4.78 is 20.5. The maximum atomic E-state index is 14.1. The predicted molar refractivity (Wildman–Crippen MR) is 564 cm³/mol. The Bertz CT molecular complexity index is 5680. The quantitative estimate of drug-likeness (QED) is 0.0294. The van der Waals surface area contributed by atoms with E-state index in [1.165, 1.54) is 83.3 Å². The number of carbonyl (C=O) groups excluding carboxylic acids is 8. The summed E-state index contributed by atoms with van der Waals surface area (Å²) in [4.78, 5) is 119. The average molecular weight is 1940 g/mol. The van der Waals surface area contributed by atoms with Crippen molar-refractivity contribution in [1.82, 2.24) is 40.0 Å². The highest BCUT2D eigenvalue weighted by atomic mass is 16.5. The first-order chi connectivity index (χ1) is 70.8. The van der Waals surface area contributed by atoms with Crippen LogP contribution in [0.25, 0.3) is 0 Å². The van der Waals surface area contributed by atoms with E-state index in [-0.39, 0.29) is 71.7 Å². The largest absolute Gasteiger partial charge is 0.467 e. The first-order valence-electron chi connectivity index (χ1n) is 51.2. The minimum atomic E-state index is -0.580. The van der Waals surface area contributed by atoms with E-state index < -0.39 is 47.8 Å². The highest BCUT2D eigenvalue weighted by molar-refractivity contribution is 5.95. The van der Waals surface area contributed by atoms with Gasteiger partial charge in [-0.2, -0.15) is 5.26 Å². The molecule has 8 fully saturated rings. The standard InChI is InChI=1S/2C31H34N2O3.2C30H32N2O3.C2H3N/c2*1-32(20-25-18-27(25)22-12-6-3-7-13-22)26-19-28(31(35)36-2)33(21-26)30(34)29(23-14-8-4-9-15-23)24-16-10-5-11-17-24;2*1-35-30(34)27-18-25(31-19-24-17-26(24)21-11-5-2-6-12-21)20-32(27)29(33)28(22-13-7-3-8-14-22)23-15-9-4-10-16-23;1-2-3/h2*3-17,25-29H,18-21H2,1-2H3;2*2-16,24-28,31H,17-20H2,1H3;1H3/t25-,26+,27-,28+;25-,26-,27-,28-;24-,25+,26-,27+;24-,25-,26-,27-;/m1010./s1. The number of ether oxygens (including phenoxy) is 4. The number of carbonyl (C=O) groups is 8. The number of likely N-dealkylation sites (N-methyl/N-ethyl adjacent to an activating group) is 2. The third kappa shape index (κ3) is 26.3. The Morgan fingerprint density at radius 2 is 0.462 bits per heavy atom. The molecule has 21 nitrogen and oxygen atoms in total. The molecule has 0 aromatic heterocycles. The van der Waals surface area contributed by atoms with Crippen LogP contribution in [0, 0.1) is 35.0 Å². The molecule has 16 atom stereocenters. The van der Waals surface area contributed by atoms with Gasteiger partial charge in [-0.3, -0.25) is 19.2 Å². The van der Waals surface area contributed by atoms with Gasteiger partial charge in [-0.1, -0.05) is 364 Å². The molecule has 20 rings (SSSR count). The van der Waals surface area contributed by atoms with Crippen molar-refractivity contribution in [1.29, 1.82) is 5.26 Å². The van der Waals surface area contributed by atoms with Gasteiger partial charge in [-0.15, -0.1) is 0 Å². The van der Waals surface area contributed by atoms with E-state index in [2.05, 4.69) is 144 Å². The Hall–Kier alpha value is -14.3. The van der Waals surface area contributed by atoms with Crippen LogP contribution in [0.15, 0.2) is 364 Å². The van der Waals surface area contributed by atoms with E-state index in [0.29, 0.717) is 99.2 Å². The molecule has 4 saturated carbocycles. The van der Waals surface area contributed by atoms with Crippen LogP contribution in [0.5, 0.6) is 0 Å². The molecule has 0 radical (unpaired) electrons. The first-order valence-corrected chi connectivity index (χ1v) is 51.2. The first kappa shape index (κ1) is 104. The van der Waals surface area contributed by atoms with Gasteiger partial charge in [0.1, 0.15) is 24.2 Å². The second-order valence-electron chi connectivity index (χ2n) is 39.8. The number of benzene rings is 12. The van der Waals surface area contributed by atoms with Crippen LogP contribution in [-0.2, 0) is 57.3 Å². The van der Waals surface area contributed by atoms with Gasteiger partial charge in [0.15, 0.2) is 0 Å². The van der Waals surface area contributed by atoms with E-state index >= 15 is 0 Å². The summed E-state index contributed by atoms with van der Waals surface area (Å²) in [5, 5.41) is 14.6. The molecule has 4 aliphatic carbocycles. The molecule has 748 valence electrons. The van der Waals surface area contributed by atoms with Crippen molar-refractivity contribution in [2.45, 2.75) is 154 Å². The van der Waals surface area contributed by atoms with E-state index in [4.69, 9.17) is 24.2 Å². The molecule has 21 heteroatoms. The molecular formula is C124H135N9O12. The van der Waals surface area contributed by atoms with Crippen molar-refractivity contribution in [3.63, 3.8) is 0 Å². The van der Waals surface area contributed by atoms with Gasteiger partial charge >= 0.3 is 23.9 Å². The number of esters is 4. The SMILES string of the molecule is CC#N.COC(=O)[C@@H]1C[C@H](N(C)C[C@@H]2C[C@H]2c2ccccc2)CN1C(=O)C(c1ccccc1)c1ccccc1.COC(=O)[C@@H]1C[C@H](N(C)C[C@H]2C[C@@H]2c2ccccc2)CN1C(=O)C(c1ccccc1)c1ccccc1.COC(=O)[C@@H]1C[C@H](NC[C@@H]2C[C@H]2c2ccccc2)CN1C(=O)C(c1ccccc1)c1ccccc1.COC(=O)[C@@H]1C[C@H](NC[C@H]2C[C@@H]2c2ccccc2)CN1C(=O)C(c1ccccc1)c1ccccc1. The van der Waals surface area contributed by atoms with Crippen LogP contribution in [-0.4, -0.2) is 220 Å². The number of nitrogens with one attached hydrogen (secondary N) is 2. The van der Waals surface area contributed by atoms with Crippen LogP contribution in [0.1, 0.15) is 172 Å². The summed E-state index contributed by atoms with van der Waals surface area (Å²) in [7, 11) is 9.85. The minimum absolute atomic E-state index is 0.0488. The van der Waals surface area contributed by atoms with E-state index in [1.54, 1.807) is 25.7 Å². The molecule has 12 aromatic rings. The minimum Gasteiger partial charge on any atom is -0.467 e. The molecule has 4 aliphatic heterocycles. The molecule has 4 amide bonds. The van der Waals surface area contributed by atoms with Crippen LogP contribution < -0.4 is 10.6 Å². The number of likely N-dealkylation sites (tertiary alicyclic amines) is 4. The summed E-state index contributed by atoms with van der Waals surface area (Å²) in [6.07, 6.45) is 7.05. The van der Waals surface area contributed by atoms with Gasteiger partial charge in [0.25, 0.3) is 0 Å². The summed E-state index contributed by atoms with van der Waals surface area (Å²) in [5.74, 6) is 1.36. The normalized spacial score (nSPS) is 22.8. The zero-order valence-electron chi connectivity index (χ0n) is 84.0. The highest BCUT2D eigenvalue weighted by Crippen LogP contribution is 2.52. The molecule has 145 heavy (non-hydrogen) atoms. The second-order valence-corrected chi connectivity index (χ2v) is 39.8. The van der Waals surface area contributed by atoms with Crippen molar-refractivity contribution in [3.8, 4) is 6.07 Å². The van der Waals surface area contributed by atoms with Crippen LogP contribution in [0.2, 0.25) is 0 Å². The lowest BCUT2D eigenvalue weighted by Crippen LogP contribution is -2.44. The lowest BCUT2D eigenvalue weighted by atomic mass is 9.90. The fourth-order valence-corrected chi connectivity index (χ4v) is 22.3. The Balaban J connectivity index is 0.000000137. The van der Waals surface area contributed by atoms with Gasteiger partial charge in [0, 0.05) is 70.4 Å². The number of nitriles is 1. The molecule has 0 unspecified atom stereocenters. The smallest absolute Gasteiger partial charge is 0.328 e. The lowest BCUT2D eigenvalue weighted by molar-refractivity contribution is -0.151. The second kappa shape index (κ2) is 50.3. The number of amides is 4. The van der Waals surface area contributed by atoms with Crippen LogP contribution in [0.4, 0.5) is 0 Å². The zero-order valence-corrected chi connectivity index (χ0v) is 84.0. The number of hydrogen-bond acceptors (Lipinski definition) is 17. The van der Waals surface area contributed by atoms with E-state index in [0.717, 1.165) is 70.7 Å². The van der Waals surface area contributed by atoms with Crippen molar-refractivity contribution >= 4 is 47.5 Å².